The van der Waals surface area contributed by atoms with E-state index in [-0.39, 0.29) is 23.4 Å². The molecule has 5 nitrogen and oxygen atoms in total. The molecule has 0 saturated heterocycles. The highest BCUT2D eigenvalue weighted by Gasteiger charge is 2.21. The Hall–Kier alpha value is -2.43. The van der Waals surface area contributed by atoms with Crippen LogP contribution in [0.15, 0.2) is 41.2 Å². The van der Waals surface area contributed by atoms with Crippen LogP contribution in [-0.2, 0) is 16.8 Å². The van der Waals surface area contributed by atoms with Crippen molar-refractivity contribution in [1.82, 2.24) is 15.1 Å². The molecule has 0 spiro atoms. The summed E-state index contributed by atoms with van der Waals surface area (Å²) in [5, 5.41) is 6.97. The van der Waals surface area contributed by atoms with Crippen LogP contribution in [0.3, 0.4) is 0 Å². The Balaban J connectivity index is 2.01. The van der Waals surface area contributed by atoms with Gasteiger partial charge in [-0.2, -0.15) is 5.10 Å². The number of hydrogen-bond acceptors (Lipinski definition) is 3. The first-order valence-corrected chi connectivity index (χ1v) is 7.66. The summed E-state index contributed by atoms with van der Waals surface area (Å²) in [6, 6.07) is 11.3. The van der Waals surface area contributed by atoms with Gasteiger partial charge in [-0.15, -0.1) is 0 Å². The van der Waals surface area contributed by atoms with Gasteiger partial charge in [-0.3, -0.25) is 9.59 Å². The van der Waals surface area contributed by atoms with Crippen molar-refractivity contribution in [3.8, 4) is 0 Å². The monoisotopic (exact) mass is 313 g/mol. The minimum Gasteiger partial charge on any atom is -0.354 e. The van der Waals surface area contributed by atoms with Crippen molar-refractivity contribution in [1.29, 1.82) is 0 Å². The summed E-state index contributed by atoms with van der Waals surface area (Å²) in [4.78, 5) is 23.8. The molecule has 0 radical (unpaired) electrons. The standard InChI is InChI=1S/C18H23N3O2/c1-13-6-5-7-15(10-13)18(3,4)12-19-16(22)11-21-17(23)9-8-14(2)20-21/h5-10H,11-12H2,1-4H3,(H,19,22). The van der Waals surface area contributed by atoms with Crippen molar-refractivity contribution >= 4 is 5.91 Å². The van der Waals surface area contributed by atoms with Crippen LogP contribution in [0.2, 0.25) is 0 Å². The predicted molar refractivity (Wildman–Crippen MR) is 90.4 cm³/mol. The van der Waals surface area contributed by atoms with Crippen molar-refractivity contribution in [2.75, 3.05) is 6.54 Å². The number of hydrogen-bond donors (Lipinski definition) is 1. The third kappa shape index (κ3) is 4.52. The summed E-state index contributed by atoms with van der Waals surface area (Å²) < 4.78 is 1.18. The summed E-state index contributed by atoms with van der Waals surface area (Å²) >= 11 is 0. The van der Waals surface area contributed by atoms with E-state index in [9.17, 15) is 9.59 Å². The first kappa shape index (κ1) is 16.9. The molecule has 122 valence electrons. The third-order valence-electron chi connectivity index (χ3n) is 3.82. The first-order chi connectivity index (χ1) is 10.8. The van der Waals surface area contributed by atoms with Crippen LogP contribution in [0, 0.1) is 13.8 Å². The van der Waals surface area contributed by atoms with Crippen LogP contribution in [-0.4, -0.2) is 22.2 Å². The number of aromatic nitrogens is 2. The Bertz CT molecular complexity index is 763. The molecule has 0 aliphatic carbocycles. The molecule has 0 bridgehead atoms. The molecule has 2 rings (SSSR count). The van der Waals surface area contributed by atoms with Crippen LogP contribution in [0.25, 0.3) is 0 Å². The van der Waals surface area contributed by atoms with E-state index in [4.69, 9.17) is 0 Å². The largest absolute Gasteiger partial charge is 0.354 e. The minimum absolute atomic E-state index is 0.0651. The Morgan fingerprint density at radius 1 is 1.22 bits per heavy atom. The molecule has 2 aromatic rings. The van der Waals surface area contributed by atoms with Crippen LogP contribution >= 0.6 is 0 Å². The number of amides is 1. The summed E-state index contributed by atoms with van der Waals surface area (Å²) in [6.07, 6.45) is 0. The second-order valence-electron chi connectivity index (χ2n) is 6.50. The summed E-state index contributed by atoms with van der Waals surface area (Å²) in [7, 11) is 0. The topological polar surface area (TPSA) is 64.0 Å². The Labute approximate surface area is 136 Å². The maximum Gasteiger partial charge on any atom is 0.267 e. The van der Waals surface area contributed by atoms with Gasteiger partial charge in [-0.05, 0) is 25.5 Å². The molecule has 1 aromatic carbocycles. The second-order valence-corrected chi connectivity index (χ2v) is 6.50. The van der Waals surface area contributed by atoms with Crippen molar-refractivity contribution in [3.63, 3.8) is 0 Å². The van der Waals surface area contributed by atoms with E-state index in [0.29, 0.717) is 12.2 Å². The average molecular weight is 313 g/mol. The molecule has 1 heterocycles. The normalized spacial score (nSPS) is 11.3. The molecular weight excluding hydrogens is 290 g/mol. The Kier molecular flexibility index (Phi) is 4.98. The van der Waals surface area contributed by atoms with Crippen molar-refractivity contribution in [3.05, 3.63) is 63.6 Å². The highest BCUT2D eigenvalue weighted by atomic mass is 16.2. The molecule has 0 fully saturated rings. The van der Waals surface area contributed by atoms with Crippen molar-refractivity contribution < 1.29 is 4.79 Å². The first-order valence-electron chi connectivity index (χ1n) is 7.66. The average Bonchev–Trinajstić information content (AvgIpc) is 2.49. The second kappa shape index (κ2) is 6.77. The summed E-state index contributed by atoms with van der Waals surface area (Å²) in [5.41, 5.74) is 2.61. The molecule has 0 saturated carbocycles. The summed E-state index contributed by atoms with van der Waals surface area (Å²) in [5.74, 6) is -0.217. The van der Waals surface area contributed by atoms with Crippen LogP contribution in [0.5, 0.6) is 0 Å². The van der Waals surface area contributed by atoms with Crippen LogP contribution < -0.4 is 10.9 Å². The molecule has 0 aliphatic heterocycles. The minimum atomic E-state index is -0.274. The van der Waals surface area contributed by atoms with E-state index >= 15 is 0 Å². The van der Waals surface area contributed by atoms with Gasteiger partial charge in [-0.1, -0.05) is 43.7 Å². The molecule has 0 aliphatic rings. The lowest BCUT2D eigenvalue weighted by molar-refractivity contribution is -0.122. The summed E-state index contributed by atoms with van der Waals surface area (Å²) in [6.45, 7) is 8.43. The van der Waals surface area contributed by atoms with E-state index in [2.05, 4.69) is 36.4 Å². The zero-order valence-electron chi connectivity index (χ0n) is 14.1. The lowest BCUT2D eigenvalue weighted by atomic mass is 9.84. The number of rotatable bonds is 5. The lowest BCUT2D eigenvalue weighted by Gasteiger charge is -2.26. The van der Waals surface area contributed by atoms with Gasteiger partial charge in [0.15, 0.2) is 0 Å². The Morgan fingerprint density at radius 3 is 2.65 bits per heavy atom. The van der Waals surface area contributed by atoms with E-state index in [1.165, 1.54) is 21.9 Å². The van der Waals surface area contributed by atoms with Gasteiger partial charge in [0, 0.05) is 18.0 Å². The smallest absolute Gasteiger partial charge is 0.267 e. The third-order valence-corrected chi connectivity index (χ3v) is 3.82. The SMILES string of the molecule is Cc1cccc(C(C)(C)CNC(=O)Cn2nc(C)ccc2=O)c1. The molecule has 1 amide bonds. The predicted octanol–water partition coefficient (Wildman–Crippen LogP) is 1.95. The highest BCUT2D eigenvalue weighted by Crippen LogP contribution is 2.22. The van der Waals surface area contributed by atoms with Crippen molar-refractivity contribution in [2.24, 2.45) is 0 Å². The number of carbonyl (C=O) groups is 1. The Morgan fingerprint density at radius 2 is 1.96 bits per heavy atom. The fourth-order valence-electron chi connectivity index (χ4n) is 2.34. The molecule has 0 unspecified atom stereocenters. The van der Waals surface area contributed by atoms with Crippen LogP contribution in [0.1, 0.15) is 30.7 Å². The zero-order chi connectivity index (χ0) is 17.0. The number of aryl methyl sites for hydroxylation is 2. The van der Waals surface area contributed by atoms with Gasteiger partial charge in [0.1, 0.15) is 6.54 Å². The number of carbonyl (C=O) groups excluding carboxylic acids is 1. The maximum absolute atomic E-state index is 12.1. The lowest BCUT2D eigenvalue weighted by Crippen LogP contribution is -2.40. The van der Waals surface area contributed by atoms with Crippen molar-refractivity contribution in [2.45, 2.75) is 39.7 Å². The fraction of sp³-hybridized carbons (Fsp3) is 0.389. The van der Waals surface area contributed by atoms with E-state index in [1.807, 2.05) is 19.1 Å². The molecule has 1 aromatic heterocycles. The van der Waals surface area contributed by atoms with E-state index in [0.717, 1.165) is 0 Å². The number of nitrogens with one attached hydrogen (secondary N) is 1. The van der Waals surface area contributed by atoms with Gasteiger partial charge in [0.2, 0.25) is 5.91 Å². The molecular formula is C18H23N3O2. The molecule has 5 heteroatoms. The molecule has 23 heavy (non-hydrogen) atoms. The number of benzene rings is 1. The zero-order valence-corrected chi connectivity index (χ0v) is 14.1. The van der Waals surface area contributed by atoms with Gasteiger partial charge in [0.25, 0.3) is 5.56 Å². The quantitative estimate of drug-likeness (QED) is 0.917. The molecule has 1 N–H and O–H groups in total. The highest BCUT2D eigenvalue weighted by molar-refractivity contribution is 5.75. The fourth-order valence-corrected chi connectivity index (χ4v) is 2.34. The van der Waals surface area contributed by atoms with Gasteiger partial charge in [-0.25, -0.2) is 4.68 Å². The van der Waals surface area contributed by atoms with Gasteiger partial charge in [0.05, 0.1) is 5.69 Å². The number of nitrogens with zero attached hydrogens (tertiary/aromatic N) is 2. The van der Waals surface area contributed by atoms with Crippen LogP contribution in [0.4, 0.5) is 0 Å². The van der Waals surface area contributed by atoms with E-state index in [1.54, 1.807) is 13.0 Å². The van der Waals surface area contributed by atoms with Gasteiger partial charge >= 0.3 is 0 Å². The van der Waals surface area contributed by atoms with E-state index < -0.39 is 0 Å². The molecule has 0 atom stereocenters. The van der Waals surface area contributed by atoms with Gasteiger partial charge < -0.3 is 5.32 Å². The maximum atomic E-state index is 12.1.